The average Bonchev–Trinajstić information content (AvgIpc) is 3.84. The third kappa shape index (κ3) is 14.1. The maximum atomic E-state index is 14.7. The van der Waals surface area contributed by atoms with Gasteiger partial charge in [0.05, 0.1) is 43.8 Å². The van der Waals surface area contributed by atoms with E-state index in [0.717, 1.165) is 29.0 Å². The number of carbonyl (C=O) groups is 5. The highest BCUT2D eigenvalue weighted by molar-refractivity contribution is 7.62. The van der Waals surface area contributed by atoms with Gasteiger partial charge in [-0.15, -0.1) is 0 Å². The number of hydrogen-bond donors (Lipinski definition) is 2. The van der Waals surface area contributed by atoms with Gasteiger partial charge in [-0.1, -0.05) is 106 Å². The van der Waals surface area contributed by atoms with Crippen LogP contribution in [0, 0.1) is 5.92 Å². The maximum absolute atomic E-state index is 14.7. The summed E-state index contributed by atoms with van der Waals surface area (Å²) in [7, 11) is -1.03. The van der Waals surface area contributed by atoms with Crippen LogP contribution in [0.5, 0.6) is 11.5 Å². The lowest BCUT2D eigenvalue weighted by molar-refractivity contribution is -0.171. The van der Waals surface area contributed by atoms with Crippen LogP contribution in [0.3, 0.4) is 0 Å². The zero-order chi connectivity index (χ0) is 47.5. The van der Waals surface area contributed by atoms with Crippen molar-refractivity contribution in [3.63, 3.8) is 0 Å². The number of hydrogen-bond acceptors (Lipinski definition) is 12. The minimum Gasteiger partial charge on any atom is -0.494 e. The van der Waals surface area contributed by atoms with Crippen LogP contribution in [0.2, 0.25) is 0 Å². The van der Waals surface area contributed by atoms with Crippen LogP contribution in [0.15, 0.2) is 120 Å². The van der Waals surface area contributed by atoms with E-state index in [0.29, 0.717) is 37.2 Å². The molecular formula is C49H57N4O12P. The van der Waals surface area contributed by atoms with E-state index in [2.05, 4.69) is 10.6 Å². The Hall–Kier alpha value is -6.74. The van der Waals surface area contributed by atoms with Gasteiger partial charge in [0.1, 0.15) is 22.8 Å². The highest BCUT2D eigenvalue weighted by atomic mass is 31.2. The number of amides is 4. The molecule has 17 heteroatoms. The third-order valence-corrected chi connectivity index (χ3v) is 12.1. The predicted octanol–water partition coefficient (Wildman–Crippen LogP) is 8.67. The molecule has 1 aromatic heterocycles. The van der Waals surface area contributed by atoms with Gasteiger partial charge in [-0.3, -0.25) is 18.9 Å². The minimum atomic E-state index is -4.01. The Bertz CT molecular complexity index is 2380. The number of benzene rings is 4. The van der Waals surface area contributed by atoms with Gasteiger partial charge in [-0.05, 0) is 73.4 Å². The number of hydroxylamine groups is 2. The minimum absolute atomic E-state index is 0.0104. The lowest BCUT2D eigenvalue weighted by atomic mass is 9.90. The van der Waals surface area contributed by atoms with Gasteiger partial charge in [-0.25, -0.2) is 9.59 Å². The number of furan rings is 1. The second kappa shape index (κ2) is 25.1. The van der Waals surface area contributed by atoms with Crippen molar-refractivity contribution >= 4 is 43.2 Å². The predicted molar refractivity (Wildman–Crippen MR) is 247 cm³/mol. The zero-order valence-corrected chi connectivity index (χ0v) is 38.7. The number of nitrogens with one attached hydrogen (secondary N) is 2. The summed E-state index contributed by atoms with van der Waals surface area (Å²) in [6, 6.07) is 31.6. The van der Waals surface area contributed by atoms with Gasteiger partial charge in [0.2, 0.25) is 12.3 Å². The van der Waals surface area contributed by atoms with Gasteiger partial charge in [0.25, 0.3) is 5.91 Å². The topological polar surface area (TPSA) is 192 Å². The summed E-state index contributed by atoms with van der Waals surface area (Å²) in [5.41, 5.74) is 1.93. The largest absolute Gasteiger partial charge is 0.494 e. The second-order valence-electron chi connectivity index (χ2n) is 15.2. The van der Waals surface area contributed by atoms with Crippen LogP contribution in [0.4, 0.5) is 4.79 Å². The molecule has 1 heterocycles. The van der Waals surface area contributed by atoms with E-state index in [9.17, 15) is 28.5 Å². The zero-order valence-electron chi connectivity index (χ0n) is 37.8. The van der Waals surface area contributed by atoms with E-state index in [4.69, 9.17) is 27.8 Å². The van der Waals surface area contributed by atoms with Gasteiger partial charge in [-0.2, -0.15) is 5.06 Å². The summed E-state index contributed by atoms with van der Waals surface area (Å²) in [5, 5.41) is 6.40. The van der Waals surface area contributed by atoms with E-state index >= 15 is 0 Å². The summed E-state index contributed by atoms with van der Waals surface area (Å²) < 4.78 is 44.1. The second-order valence-corrected chi connectivity index (χ2v) is 17.3. The van der Waals surface area contributed by atoms with Crippen LogP contribution >= 0.6 is 7.60 Å². The van der Waals surface area contributed by atoms with E-state index in [1.54, 1.807) is 43.3 Å². The van der Waals surface area contributed by atoms with Gasteiger partial charge >= 0.3 is 19.7 Å². The molecule has 0 bridgehead atoms. The Kier molecular flexibility index (Phi) is 19.1. The van der Waals surface area contributed by atoms with E-state index in [1.807, 2.05) is 74.5 Å². The van der Waals surface area contributed by atoms with E-state index in [1.165, 1.54) is 37.2 Å². The van der Waals surface area contributed by atoms with Crippen molar-refractivity contribution in [2.24, 2.45) is 5.92 Å². The number of ether oxygens (including phenoxy) is 2. The molecule has 66 heavy (non-hydrogen) atoms. The van der Waals surface area contributed by atoms with Crippen LogP contribution in [-0.4, -0.2) is 73.7 Å². The van der Waals surface area contributed by atoms with Crippen molar-refractivity contribution in [2.45, 2.75) is 72.1 Å². The molecule has 16 nitrogen and oxygen atoms in total. The van der Waals surface area contributed by atoms with Crippen molar-refractivity contribution < 1.29 is 56.3 Å². The van der Waals surface area contributed by atoms with Crippen molar-refractivity contribution in [2.75, 3.05) is 27.4 Å². The van der Waals surface area contributed by atoms with Gasteiger partial charge in [0, 0.05) is 19.7 Å². The molecule has 0 aliphatic heterocycles. The molecule has 2 N–H and O–H groups in total. The fourth-order valence-electron chi connectivity index (χ4n) is 6.81. The quantitative estimate of drug-likeness (QED) is 0.0186. The number of para-hydroxylation sites is 1. The highest BCUT2D eigenvalue weighted by Crippen LogP contribution is 2.50. The molecule has 0 radical (unpaired) electrons. The Balaban J connectivity index is 1.29. The van der Waals surface area contributed by atoms with Crippen molar-refractivity contribution in [3.05, 3.63) is 138 Å². The lowest BCUT2D eigenvalue weighted by Gasteiger charge is -2.32. The third-order valence-electron chi connectivity index (χ3n) is 10.3. The molecule has 5 rings (SSSR count). The first-order chi connectivity index (χ1) is 31.9. The van der Waals surface area contributed by atoms with Crippen LogP contribution in [0.1, 0.15) is 84.9 Å². The molecular weight excluding hydrogens is 868 g/mol. The van der Waals surface area contributed by atoms with E-state index in [-0.39, 0.29) is 54.4 Å². The Morgan fingerprint density at radius 3 is 2.05 bits per heavy atom. The molecule has 2 atom stereocenters. The number of rotatable bonds is 25. The number of unbranched alkanes of at least 4 members (excludes halogenated alkanes) is 2. The Morgan fingerprint density at radius 1 is 0.788 bits per heavy atom. The summed E-state index contributed by atoms with van der Waals surface area (Å²) >= 11 is 0. The fourth-order valence-corrected chi connectivity index (χ4v) is 8.40. The van der Waals surface area contributed by atoms with Crippen molar-refractivity contribution in [1.29, 1.82) is 0 Å². The Labute approximate surface area is 385 Å². The number of nitrogens with zero attached hydrogens (tertiary/aromatic N) is 2. The standard InChI is InChI=1S/C49H57N4O12P/c1-6-9-12-23-40(42(7-2)53(34-54)65-48(57)41-24-17-18-25-44(41)64-49(58)52(4)5)46(55)50-33-51-47(56)45-27-26-43(63-45)37-28-38(60-8-3)30-39(29-37)66(59,61-31-35-19-13-10-14-20-35)62-32-36-21-15-11-16-22-36/h10-11,13-22,24-30,34,40,42H,6-9,12,23,31-33H2,1-5H3,(H,50,55)(H,51,56). The highest BCUT2D eigenvalue weighted by Gasteiger charge is 2.35. The summed E-state index contributed by atoms with van der Waals surface area (Å²) in [5.74, 6) is -2.46. The normalized spacial score (nSPS) is 12.0. The molecule has 0 spiro atoms. The monoisotopic (exact) mass is 924 g/mol. The van der Waals surface area contributed by atoms with Gasteiger partial charge < -0.3 is 43.3 Å². The lowest BCUT2D eigenvalue weighted by Crippen LogP contribution is -2.49. The Morgan fingerprint density at radius 2 is 1.44 bits per heavy atom. The SMILES string of the molecule is CCCCCC(C(=O)NCNC(=O)c1ccc(-c2cc(OCC)cc(P(=O)(OCc3ccccc3)OCc3ccccc3)c2)o1)C(CC)N(C=O)OC(=O)c1ccccc1OC(=O)N(C)C. The van der Waals surface area contributed by atoms with Crippen LogP contribution < -0.4 is 25.4 Å². The fraction of sp³-hybridized carbons (Fsp3) is 0.327. The molecule has 0 fully saturated rings. The van der Waals surface area contributed by atoms with Crippen LogP contribution in [-0.2, 0) is 41.3 Å². The summed E-state index contributed by atoms with van der Waals surface area (Å²) in [4.78, 5) is 72.0. The first-order valence-corrected chi connectivity index (χ1v) is 23.3. The summed E-state index contributed by atoms with van der Waals surface area (Å²) in [6.07, 6.45) is 2.49. The molecule has 0 saturated heterocycles. The summed E-state index contributed by atoms with van der Waals surface area (Å²) in [6.45, 7) is 5.60. The molecule has 2 unspecified atom stereocenters. The molecule has 0 saturated carbocycles. The molecule has 0 aliphatic rings. The molecule has 5 aromatic rings. The van der Waals surface area contributed by atoms with Crippen LogP contribution in [0.25, 0.3) is 11.3 Å². The first-order valence-electron chi connectivity index (χ1n) is 21.7. The molecule has 0 aliphatic carbocycles. The molecule has 4 amide bonds. The van der Waals surface area contributed by atoms with E-state index < -0.39 is 43.4 Å². The molecule has 4 aromatic carbocycles. The number of carbonyl (C=O) groups excluding carboxylic acids is 5. The average molecular weight is 925 g/mol. The van der Waals surface area contributed by atoms with Crippen molar-refractivity contribution in [1.82, 2.24) is 20.6 Å². The van der Waals surface area contributed by atoms with Crippen molar-refractivity contribution in [3.8, 4) is 22.8 Å². The smallest absolute Gasteiger partial charge is 0.414 e. The van der Waals surface area contributed by atoms with Gasteiger partial charge in [0.15, 0.2) is 5.76 Å². The first kappa shape index (κ1) is 50.3. The maximum Gasteiger partial charge on any atom is 0.414 e. The molecule has 350 valence electrons.